The van der Waals surface area contributed by atoms with Crippen molar-refractivity contribution in [3.05, 3.63) is 65.2 Å². The standard InChI is InChI=1S/C17H17NO2/c19-17(20)11-13-5-7-14(8-6-13)12-18-10-9-15-3-1-2-4-16(15)18/h1-8H,9-12H2,(H,19,20). The number of hydrogen-bond acceptors (Lipinski definition) is 2. The normalized spacial score (nSPS) is 13.3. The highest BCUT2D eigenvalue weighted by Crippen LogP contribution is 2.28. The van der Waals surface area contributed by atoms with Crippen molar-refractivity contribution in [2.24, 2.45) is 0 Å². The lowest BCUT2D eigenvalue weighted by molar-refractivity contribution is -0.136. The molecule has 0 unspecified atom stereocenters. The van der Waals surface area contributed by atoms with Crippen LogP contribution in [0, 0.1) is 0 Å². The second kappa shape index (κ2) is 5.37. The number of carboxylic acid groups (broad SMARTS) is 1. The molecule has 2 aromatic carbocycles. The first-order valence-electron chi connectivity index (χ1n) is 6.85. The summed E-state index contributed by atoms with van der Waals surface area (Å²) in [6, 6.07) is 16.4. The van der Waals surface area contributed by atoms with E-state index in [1.54, 1.807) is 0 Å². The average molecular weight is 267 g/mol. The lowest BCUT2D eigenvalue weighted by atomic mass is 10.1. The smallest absolute Gasteiger partial charge is 0.307 e. The molecule has 0 radical (unpaired) electrons. The molecule has 2 aromatic rings. The fourth-order valence-corrected chi connectivity index (χ4v) is 2.73. The highest BCUT2D eigenvalue weighted by molar-refractivity contribution is 5.70. The molecule has 0 aliphatic carbocycles. The Balaban J connectivity index is 1.71. The van der Waals surface area contributed by atoms with Crippen LogP contribution in [-0.4, -0.2) is 17.6 Å². The summed E-state index contributed by atoms with van der Waals surface area (Å²) in [5.74, 6) is -0.786. The number of carbonyl (C=O) groups is 1. The van der Waals surface area contributed by atoms with Gasteiger partial charge < -0.3 is 10.0 Å². The molecular formula is C17H17NO2. The first-order chi connectivity index (χ1) is 9.72. The van der Waals surface area contributed by atoms with Crippen molar-refractivity contribution in [1.29, 1.82) is 0 Å². The van der Waals surface area contributed by atoms with Crippen molar-refractivity contribution in [1.82, 2.24) is 0 Å². The maximum atomic E-state index is 10.7. The van der Waals surface area contributed by atoms with Gasteiger partial charge in [0.15, 0.2) is 0 Å². The van der Waals surface area contributed by atoms with E-state index >= 15 is 0 Å². The summed E-state index contributed by atoms with van der Waals surface area (Å²) in [7, 11) is 0. The zero-order valence-electron chi connectivity index (χ0n) is 11.2. The minimum absolute atomic E-state index is 0.0901. The summed E-state index contributed by atoms with van der Waals surface area (Å²) < 4.78 is 0. The van der Waals surface area contributed by atoms with E-state index in [0.717, 1.165) is 25.1 Å². The van der Waals surface area contributed by atoms with Gasteiger partial charge in [-0.15, -0.1) is 0 Å². The Morgan fingerprint density at radius 1 is 1.05 bits per heavy atom. The third kappa shape index (κ3) is 2.67. The van der Waals surface area contributed by atoms with Gasteiger partial charge in [0, 0.05) is 18.8 Å². The van der Waals surface area contributed by atoms with E-state index in [1.165, 1.54) is 16.8 Å². The molecule has 0 amide bonds. The van der Waals surface area contributed by atoms with Crippen LogP contribution in [0.25, 0.3) is 0 Å². The highest BCUT2D eigenvalue weighted by atomic mass is 16.4. The van der Waals surface area contributed by atoms with Gasteiger partial charge in [0.05, 0.1) is 6.42 Å². The predicted molar refractivity (Wildman–Crippen MR) is 79.0 cm³/mol. The molecule has 1 heterocycles. The number of fused-ring (bicyclic) bond motifs is 1. The van der Waals surface area contributed by atoms with Crippen molar-refractivity contribution in [3.8, 4) is 0 Å². The van der Waals surface area contributed by atoms with Crippen LogP contribution in [0.4, 0.5) is 5.69 Å². The van der Waals surface area contributed by atoms with Gasteiger partial charge in [0.1, 0.15) is 0 Å². The maximum Gasteiger partial charge on any atom is 0.307 e. The molecule has 0 fully saturated rings. The Hall–Kier alpha value is -2.29. The Morgan fingerprint density at radius 2 is 1.75 bits per heavy atom. The monoisotopic (exact) mass is 267 g/mol. The van der Waals surface area contributed by atoms with Gasteiger partial charge in [-0.2, -0.15) is 0 Å². The van der Waals surface area contributed by atoms with E-state index < -0.39 is 5.97 Å². The van der Waals surface area contributed by atoms with Gasteiger partial charge in [0.25, 0.3) is 0 Å². The fourth-order valence-electron chi connectivity index (χ4n) is 2.73. The molecule has 1 N–H and O–H groups in total. The Labute approximate surface area is 118 Å². The van der Waals surface area contributed by atoms with E-state index in [4.69, 9.17) is 5.11 Å². The zero-order chi connectivity index (χ0) is 13.9. The predicted octanol–water partition coefficient (Wildman–Crippen LogP) is 2.88. The van der Waals surface area contributed by atoms with Gasteiger partial charge in [-0.05, 0) is 29.2 Å². The number of nitrogens with zero attached hydrogens (tertiary/aromatic N) is 1. The third-order valence-corrected chi connectivity index (χ3v) is 3.74. The minimum Gasteiger partial charge on any atom is -0.481 e. The molecule has 3 rings (SSSR count). The van der Waals surface area contributed by atoms with Gasteiger partial charge in [-0.3, -0.25) is 4.79 Å². The van der Waals surface area contributed by atoms with Crippen molar-refractivity contribution in [3.63, 3.8) is 0 Å². The van der Waals surface area contributed by atoms with E-state index in [1.807, 2.05) is 24.3 Å². The largest absolute Gasteiger partial charge is 0.481 e. The van der Waals surface area contributed by atoms with Crippen LogP contribution in [-0.2, 0) is 24.2 Å². The molecule has 0 bridgehead atoms. The summed E-state index contributed by atoms with van der Waals surface area (Å²) in [4.78, 5) is 13.0. The van der Waals surface area contributed by atoms with Crippen LogP contribution in [0.15, 0.2) is 48.5 Å². The first-order valence-corrected chi connectivity index (χ1v) is 6.85. The maximum absolute atomic E-state index is 10.7. The Morgan fingerprint density at radius 3 is 2.50 bits per heavy atom. The lowest BCUT2D eigenvalue weighted by Gasteiger charge is -2.19. The average Bonchev–Trinajstić information content (AvgIpc) is 2.84. The van der Waals surface area contributed by atoms with E-state index in [0.29, 0.717) is 0 Å². The fraction of sp³-hybridized carbons (Fsp3) is 0.235. The van der Waals surface area contributed by atoms with Gasteiger partial charge in [-0.1, -0.05) is 42.5 Å². The molecular weight excluding hydrogens is 250 g/mol. The van der Waals surface area contributed by atoms with Gasteiger partial charge >= 0.3 is 5.97 Å². The van der Waals surface area contributed by atoms with E-state index in [2.05, 4.69) is 29.2 Å². The molecule has 3 heteroatoms. The van der Waals surface area contributed by atoms with Crippen molar-refractivity contribution in [2.45, 2.75) is 19.4 Å². The molecule has 0 saturated carbocycles. The number of carboxylic acids is 1. The number of para-hydroxylation sites is 1. The zero-order valence-corrected chi connectivity index (χ0v) is 11.2. The number of hydrogen-bond donors (Lipinski definition) is 1. The van der Waals surface area contributed by atoms with Crippen LogP contribution < -0.4 is 4.90 Å². The third-order valence-electron chi connectivity index (χ3n) is 3.74. The molecule has 102 valence electrons. The quantitative estimate of drug-likeness (QED) is 0.926. The van der Waals surface area contributed by atoms with Crippen molar-refractivity contribution < 1.29 is 9.90 Å². The first kappa shape index (κ1) is 12.7. The van der Waals surface area contributed by atoms with Crippen LogP contribution in [0.3, 0.4) is 0 Å². The second-order valence-electron chi connectivity index (χ2n) is 5.19. The summed E-state index contributed by atoms with van der Waals surface area (Å²) in [5, 5.41) is 8.77. The summed E-state index contributed by atoms with van der Waals surface area (Å²) in [6.07, 6.45) is 1.19. The topological polar surface area (TPSA) is 40.5 Å². The summed E-state index contributed by atoms with van der Waals surface area (Å²) in [5.41, 5.74) is 4.80. The van der Waals surface area contributed by atoms with Gasteiger partial charge in [0.2, 0.25) is 0 Å². The lowest BCUT2D eigenvalue weighted by Crippen LogP contribution is -2.19. The number of benzene rings is 2. The number of aliphatic carboxylic acids is 1. The van der Waals surface area contributed by atoms with Crippen LogP contribution in [0.1, 0.15) is 16.7 Å². The van der Waals surface area contributed by atoms with Crippen LogP contribution >= 0.6 is 0 Å². The SMILES string of the molecule is O=C(O)Cc1ccc(CN2CCc3ccccc32)cc1. The van der Waals surface area contributed by atoms with Crippen molar-refractivity contribution >= 4 is 11.7 Å². The van der Waals surface area contributed by atoms with E-state index in [-0.39, 0.29) is 6.42 Å². The molecule has 1 aliphatic rings. The van der Waals surface area contributed by atoms with Crippen LogP contribution in [0.2, 0.25) is 0 Å². The molecule has 1 aliphatic heterocycles. The molecule has 0 spiro atoms. The van der Waals surface area contributed by atoms with Crippen molar-refractivity contribution in [2.75, 3.05) is 11.4 Å². The molecule has 0 saturated heterocycles. The molecule has 20 heavy (non-hydrogen) atoms. The van der Waals surface area contributed by atoms with Gasteiger partial charge in [-0.25, -0.2) is 0 Å². The highest BCUT2D eigenvalue weighted by Gasteiger charge is 2.18. The molecule has 0 atom stereocenters. The molecule has 0 aromatic heterocycles. The molecule has 3 nitrogen and oxygen atoms in total. The second-order valence-corrected chi connectivity index (χ2v) is 5.19. The summed E-state index contributed by atoms with van der Waals surface area (Å²) in [6.45, 7) is 1.93. The Kier molecular flexibility index (Phi) is 3.42. The minimum atomic E-state index is -0.786. The van der Waals surface area contributed by atoms with Crippen LogP contribution in [0.5, 0.6) is 0 Å². The van der Waals surface area contributed by atoms with E-state index in [9.17, 15) is 4.79 Å². The number of anilines is 1. The Bertz CT molecular complexity index is 619. The number of rotatable bonds is 4. The summed E-state index contributed by atoms with van der Waals surface area (Å²) >= 11 is 0.